The monoisotopic (exact) mass is 347 g/mol. The highest BCUT2D eigenvalue weighted by Gasteiger charge is 2.28. The van der Waals surface area contributed by atoms with E-state index in [2.05, 4.69) is 4.98 Å². The molecule has 1 fully saturated rings. The Morgan fingerprint density at radius 1 is 1.23 bits per heavy atom. The van der Waals surface area contributed by atoms with Gasteiger partial charge in [0.2, 0.25) is 0 Å². The minimum atomic E-state index is 0.112. The standard InChI is InChI=1S/C21H21N3O2/c25-21(15-7-8-19-14(12-15)9-11-26-19)24-10-3-4-16(13-24)20-22-17-5-1-2-6-18(17)23-20/h1-2,5-8,12,16H,3-4,9-11,13H2,(H,22,23). The lowest BCUT2D eigenvalue weighted by atomic mass is 9.96. The van der Waals surface area contributed by atoms with Gasteiger partial charge in [-0.3, -0.25) is 4.79 Å². The number of aromatic amines is 1. The van der Waals surface area contributed by atoms with Crippen molar-refractivity contribution in [1.29, 1.82) is 0 Å². The molecule has 5 heteroatoms. The number of nitrogens with one attached hydrogen (secondary N) is 1. The van der Waals surface area contributed by atoms with Crippen molar-refractivity contribution in [2.45, 2.75) is 25.2 Å². The number of rotatable bonds is 2. The molecule has 26 heavy (non-hydrogen) atoms. The number of likely N-dealkylation sites (tertiary alicyclic amines) is 1. The molecule has 1 N–H and O–H groups in total. The molecule has 0 spiro atoms. The maximum Gasteiger partial charge on any atom is 0.253 e. The number of imidazole rings is 1. The fourth-order valence-corrected chi connectivity index (χ4v) is 4.05. The van der Waals surface area contributed by atoms with Crippen molar-refractivity contribution in [3.63, 3.8) is 0 Å². The Hall–Kier alpha value is -2.82. The van der Waals surface area contributed by atoms with Crippen LogP contribution in [0, 0.1) is 0 Å². The zero-order valence-electron chi connectivity index (χ0n) is 14.6. The van der Waals surface area contributed by atoms with E-state index in [1.165, 1.54) is 0 Å². The summed E-state index contributed by atoms with van der Waals surface area (Å²) in [6.07, 6.45) is 2.95. The van der Waals surface area contributed by atoms with Crippen molar-refractivity contribution >= 4 is 16.9 Å². The highest BCUT2D eigenvalue weighted by Crippen LogP contribution is 2.29. The molecule has 5 nitrogen and oxygen atoms in total. The summed E-state index contributed by atoms with van der Waals surface area (Å²) >= 11 is 0. The van der Waals surface area contributed by atoms with Gasteiger partial charge in [-0.25, -0.2) is 4.98 Å². The molecule has 0 aliphatic carbocycles. The molecule has 3 heterocycles. The first-order chi connectivity index (χ1) is 12.8. The SMILES string of the molecule is O=C(c1ccc2c(c1)CCO2)N1CCCC(c2nc3ccccc3[nH]2)C1. The van der Waals surface area contributed by atoms with Gasteiger partial charge in [0, 0.05) is 31.0 Å². The van der Waals surface area contributed by atoms with Crippen LogP contribution in [-0.2, 0) is 6.42 Å². The van der Waals surface area contributed by atoms with Crippen molar-refractivity contribution in [2.75, 3.05) is 19.7 Å². The average Bonchev–Trinajstić information content (AvgIpc) is 3.33. The van der Waals surface area contributed by atoms with Crippen LogP contribution < -0.4 is 4.74 Å². The number of hydrogen-bond acceptors (Lipinski definition) is 3. The first kappa shape index (κ1) is 15.4. The summed E-state index contributed by atoms with van der Waals surface area (Å²) in [5, 5.41) is 0. The number of hydrogen-bond donors (Lipinski definition) is 1. The molecule has 0 bridgehead atoms. The third-order valence-corrected chi connectivity index (χ3v) is 5.44. The number of aromatic nitrogens is 2. The van der Waals surface area contributed by atoms with E-state index in [4.69, 9.17) is 9.72 Å². The molecule has 2 aliphatic heterocycles. The number of fused-ring (bicyclic) bond motifs is 2. The summed E-state index contributed by atoms with van der Waals surface area (Å²) in [6.45, 7) is 2.24. The van der Waals surface area contributed by atoms with Crippen molar-refractivity contribution in [2.24, 2.45) is 0 Å². The van der Waals surface area contributed by atoms with Crippen LogP contribution in [0.5, 0.6) is 5.75 Å². The maximum atomic E-state index is 13.0. The number of carbonyl (C=O) groups excluding carboxylic acids is 1. The zero-order chi connectivity index (χ0) is 17.5. The van der Waals surface area contributed by atoms with Gasteiger partial charge in [-0.15, -0.1) is 0 Å². The van der Waals surface area contributed by atoms with Crippen molar-refractivity contribution in [1.82, 2.24) is 14.9 Å². The van der Waals surface area contributed by atoms with Gasteiger partial charge in [0.1, 0.15) is 11.6 Å². The van der Waals surface area contributed by atoms with Crippen LogP contribution in [0.2, 0.25) is 0 Å². The third-order valence-electron chi connectivity index (χ3n) is 5.44. The van der Waals surface area contributed by atoms with E-state index in [-0.39, 0.29) is 11.8 Å². The molecule has 2 aromatic carbocycles. The van der Waals surface area contributed by atoms with Gasteiger partial charge in [0.05, 0.1) is 17.6 Å². The highest BCUT2D eigenvalue weighted by molar-refractivity contribution is 5.94. The van der Waals surface area contributed by atoms with Gasteiger partial charge < -0.3 is 14.6 Å². The van der Waals surface area contributed by atoms with E-state index in [0.717, 1.165) is 59.5 Å². The fraction of sp³-hybridized carbons (Fsp3) is 0.333. The number of H-pyrrole nitrogens is 1. The molecule has 1 atom stereocenters. The van der Waals surface area contributed by atoms with Crippen LogP contribution >= 0.6 is 0 Å². The van der Waals surface area contributed by atoms with Crippen LogP contribution in [0.25, 0.3) is 11.0 Å². The lowest BCUT2D eigenvalue weighted by Gasteiger charge is -2.32. The predicted octanol–water partition coefficient (Wildman–Crippen LogP) is 3.52. The van der Waals surface area contributed by atoms with Gasteiger partial charge in [0.25, 0.3) is 5.91 Å². The minimum absolute atomic E-state index is 0.112. The Morgan fingerprint density at radius 3 is 3.08 bits per heavy atom. The second-order valence-corrected chi connectivity index (χ2v) is 7.15. The number of carbonyl (C=O) groups is 1. The molecular weight excluding hydrogens is 326 g/mol. The quantitative estimate of drug-likeness (QED) is 0.772. The van der Waals surface area contributed by atoms with Gasteiger partial charge in [-0.2, -0.15) is 0 Å². The highest BCUT2D eigenvalue weighted by atomic mass is 16.5. The number of amides is 1. The third kappa shape index (κ3) is 2.64. The number of piperidine rings is 1. The van der Waals surface area contributed by atoms with Gasteiger partial charge in [-0.05, 0) is 48.7 Å². The van der Waals surface area contributed by atoms with E-state index < -0.39 is 0 Å². The van der Waals surface area contributed by atoms with Crippen molar-refractivity contribution in [3.8, 4) is 5.75 Å². The Labute approximate surface area is 152 Å². The molecule has 1 aromatic heterocycles. The van der Waals surface area contributed by atoms with Gasteiger partial charge >= 0.3 is 0 Å². The van der Waals surface area contributed by atoms with Crippen molar-refractivity contribution in [3.05, 3.63) is 59.4 Å². The lowest BCUT2D eigenvalue weighted by Crippen LogP contribution is -2.39. The summed E-state index contributed by atoms with van der Waals surface area (Å²) in [7, 11) is 0. The van der Waals surface area contributed by atoms with Crippen LogP contribution in [0.3, 0.4) is 0 Å². The molecule has 3 aromatic rings. The first-order valence-corrected chi connectivity index (χ1v) is 9.27. The smallest absolute Gasteiger partial charge is 0.253 e. The van der Waals surface area contributed by atoms with E-state index in [1.54, 1.807) is 0 Å². The van der Waals surface area contributed by atoms with Gasteiger partial charge in [0.15, 0.2) is 0 Å². The molecule has 132 valence electrons. The van der Waals surface area contributed by atoms with Gasteiger partial charge in [-0.1, -0.05) is 12.1 Å². The number of nitrogens with zero attached hydrogens (tertiary/aromatic N) is 2. The topological polar surface area (TPSA) is 58.2 Å². The Balaban J connectivity index is 1.37. The first-order valence-electron chi connectivity index (χ1n) is 9.27. The Bertz CT molecular complexity index is 945. The molecular formula is C21H21N3O2. The summed E-state index contributed by atoms with van der Waals surface area (Å²) in [5.41, 5.74) is 3.95. The van der Waals surface area contributed by atoms with Crippen LogP contribution in [0.1, 0.15) is 40.5 Å². The second-order valence-electron chi connectivity index (χ2n) is 7.15. The fourth-order valence-electron chi connectivity index (χ4n) is 4.05. The molecule has 0 saturated carbocycles. The second kappa shape index (κ2) is 6.16. The average molecular weight is 347 g/mol. The zero-order valence-corrected chi connectivity index (χ0v) is 14.6. The van der Waals surface area contributed by atoms with Crippen LogP contribution in [0.15, 0.2) is 42.5 Å². The molecule has 1 saturated heterocycles. The van der Waals surface area contributed by atoms with E-state index in [1.807, 2.05) is 47.4 Å². The molecule has 2 aliphatic rings. The minimum Gasteiger partial charge on any atom is -0.493 e. The summed E-state index contributed by atoms with van der Waals surface area (Å²) in [4.78, 5) is 23.1. The maximum absolute atomic E-state index is 13.0. The lowest BCUT2D eigenvalue weighted by molar-refractivity contribution is 0.0705. The summed E-state index contributed by atoms with van der Waals surface area (Å²) in [5.74, 6) is 2.28. The molecule has 0 radical (unpaired) electrons. The molecule has 1 amide bonds. The van der Waals surface area contributed by atoms with Crippen LogP contribution in [-0.4, -0.2) is 40.5 Å². The van der Waals surface area contributed by atoms with E-state index >= 15 is 0 Å². The Morgan fingerprint density at radius 2 is 2.15 bits per heavy atom. The van der Waals surface area contributed by atoms with Crippen LogP contribution in [0.4, 0.5) is 0 Å². The predicted molar refractivity (Wildman–Crippen MR) is 99.6 cm³/mol. The Kier molecular flexibility index (Phi) is 3.66. The number of benzene rings is 2. The normalized spacial score (nSPS) is 19.4. The summed E-state index contributed by atoms with van der Waals surface area (Å²) in [6, 6.07) is 13.9. The van der Waals surface area contributed by atoms with E-state index in [9.17, 15) is 4.79 Å². The molecule has 1 unspecified atom stereocenters. The number of para-hydroxylation sites is 2. The summed E-state index contributed by atoms with van der Waals surface area (Å²) < 4.78 is 5.55. The van der Waals surface area contributed by atoms with Crippen molar-refractivity contribution < 1.29 is 9.53 Å². The molecule has 5 rings (SSSR count). The largest absolute Gasteiger partial charge is 0.493 e. The number of ether oxygens (including phenoxy) is 1. The van der Waals surface area contributed by atoms with E-state index in [0.29, 0.717) is 13.2 Å².